The van der Waals surface area contributed by atoms with Gasteiger partial charge in [-0.15, -0.1) is 0 Å². The summed E-state index contributed by atoms with van der Waals surface area (Å²) in [4.78, 5) is 15.6. The van der Waals surface area contributed by atoms with Crippen LogP contribution in [0.5, 0.6) is 0 Å². The highest BCUT2D eigenvalue weighted by Gasteiger charge is 2.36. The van der Waals surface area contributed by atoms with Crippen LogP contribution in [0.15, 0.2) is 53.4 Å². The number of hydrogen-bond donors (Lipinski definition) is 1. The molecular formula is C32H43N3O4S. The summed E-state index contributed by atoms with van der Waals surface area (Å²) in [5.41, 5.74) is 4.38. The zero-order valence-corrected chi connectivity index (χ0v) is 25.0. The molecule has 2 heterocycles. The monoisotopic (exact) mass is 565 g/mol. The molecule has 2 fully saturated rings. The lowest BCUT2D eigenvalue weighted by Gasteiger charge is -2.41. The highest BCUT2D eigenvalue weighted by molar-refractivity contribution is 7.89. The number of morpholine rings is 1. The smallest absolute Gasteiger partial charge is 0.240 e. The van der Waals surface area contributed by atoms with E-state index in [2.05, 4.69) is 60.4 Å². The van der Waals surface area contributed by atoms with Gasteiger partial charge in [-0.1, -0.05) is 57.5 Å². The quantitative estimate of drug-likeness (QED) is 0.390. The van der Waals surface area contributed by atoms with Crippen LogP contribution in [-0.4, -0.2) is 55.6 Å². The Morgan fingerprint density at radius 3 is 2.45 bits per heavy atom. The summed E-state index contributed by atoms with van der Waals surface area (Å²) in [6.45, 7) is 8.26. The molecule has 1 amide bonds. The van der Waals surface area contributed by atoms with E-state index >= 15 is 0 Å². The van der Waals surface area contributed by atoms with Gasteiger partial charge in [-0.3, -0.25) is 4.79 Å². The van der Waals surface area contributed by atoms with Crippen molar-refractivity contribution in [3.63, 3.8) is 0 Å². The van der Waals surface area contributed by atoms with Crippen LogP contribution < -0.4 is 4.72 Å². The Labute approximate surface area is 238 Å². The van der Waals surface area contributed by atoms with Gasteiger partial charge in [-0.2, -0.15) is 0 Å². The second kappa shape index (κ2) is 12.0. The van der Waals surface area contributed by atoms with Crippen molar-refractivity contribution in [3.8, 4) is 11.3 Å². The molecular weight excluding hydrogens is 522 g/mol. The van der Waals surface area contributed by atoms with E-state index in [1.807, 2.05) is 18.0 Å². The van der Waals surface area contributed by atoms with E-state index in [1.165, 1.54) is 5.56 Å². The Morgan fingerprint density at radius 1 is 1.05 bits per heavy atom. The number of nitrogens with zero attached hydrogens (tertiary/aromatic N) is 2. The van der Waals surface area contributed by atoms with Gasteiger partial charge in [0.1, 0.15) is 0 Å². The highest BCUT2D eigenvalue weighted by atomic mass is 32.2. The van der Waals surface area contributed by atoms with E-state index in [0.717, 1.165) is 35.0 Å². The number of ether oxygens (including phenoxy) is 1. The Balaban J connectivity index is 1.25. The lowest BCUT2D eigenvalue weighted by atomic mass is 9.85. The van der Waals surface area contributed by atoms with Crippen LogP contribution in [-0.2, 0) is 33.0 Å². The van der Waals surface area contributed by atoms with E-state index in [0.29, 0.717) is 51.4 Å². The van der Waals surface area contributed by atoms with Gasteiger partial charge in [-0.05, 0) is 67.3 Å². The van der Waals surface area contributed by atoms with Crippen LogP contribution in [0.4, 0.5) is 0 Å². The maximum Gasteiger partial charge on any atom is 0.240 e. The molecule has 0 bridgehead atoms. The Bertz CT molecular complexity index is 1440. The van der Waals surface area contributed by atoms with Gasteiger partial charge in [0, 0.05) is 42.1 Å². The fourth-order valence-corrected chi connectivity index (χ4v) is 7.64. The van der Waals surface area contributed by atoms with E-state index in [-0.39, 0.29) is 28.8 Å². The number of rotatable bonds is 8. The maximum absolute atomic E-state index is 13.4. The molecule has 1 aliphatic carbocycles. The number of aryl methyl sites for hydroxylation is 2. The first-order valence-electron chi connectivity index (χ1n) is 14.8. The van der Waals surface area contributed by atoms with Gasteiger partial charge in [0.05, 0.1) is 24.2 Å². The van der Waals surface area contributed by atoms with Crippen LogP contribution in [0.25, 0.3) is 22.2 Å². The minimum atomic E-state index is -3.69. The first kappa shape index (κ1) is 28.8. The van der Waals surface area contributed by atoms with Crippen LogP contribution in [0.2, 0.25) is 0 Å². The predicted octanol–water partition coefficient (Wildman–Crippen LogP) is 5.52. The van der Waals surface area contributed by atoms with Gasteiger partial charge in [0.25, 0.3) is 0 Å². The number of carbonyl (C=O) groups excluding carboxylic acids is 1. The average Bonchev–Trinajstić information content (AvgIpc) is 3.29. The molecule has 0 spiro atoms. The molecule has 3 aromatic rings. The number of nitrogens with one attached hydrogen (secondary N) is 1. The van der Waals surface area contributed by atoms with Crippen LogP contribution in [0, 0.1) is 11.8 Å². The summed E-state index contributed by atoms with van der Waals surface area (Å²) >= 11 is 0. The number of aromatic nitrogens is 1. The predicted molar refractivity (Wildman–Crippen MR) is 160 cm³/mol. The number of amides is 1. The number of hydrogen-bond acceptors (Lipinski definition) is 4. The molecule has 1 aliphatic heterocycles. The largest absolute Gasteiger partial charge is 0.377 e. The van der Waals surface area contributed by atoms with Gasteiger partial charge in [-0.25, -0.2) is 13.1 Å². The minimum absolute atomic E-state index is 0.0470. The fourth-order valence-electron chi connectivity index (χ4n) is 6.31. The summed E-state index contributed by atoms with van der Waals surface area (Å²) in [5.74, 6) is 0.499. The molecule has 1 saturated heterocycles. The Hall–Kier alpha value is -2.68. The van der Waals surface area contributed by atoms with E-state index in [4.69, 9.17) is 4.74 Å². The first-order valence-corrected chi connectivity index (χ1v) is 16.3. The van der Waals surface area contributed by atoms with Gasteiger partial charge in [0.2, 0.25) is 15.9 Å². The van der Waals surface area contributed by atoms with Crippen LogP contribution in [0.1, 0.15) is 58.4 Å². The maximum atomic E-state index is 13.4. The molecule has 216 valence electrons. The van der Waals surface area contributed by atoms with Gasteiger partial charge >= 0.3 is 0 Å². The molecule has 1 aromatic heterocycles. The van der Waals surface area contributed by atoms with Crippen molar-refractivity contribution in [1.29, 1.82) is 0 Å². The third-order valence-corrected chi connectivity index (χ3v) is 10.3. The number of sulfonamides is 1. The molecule has 0 unspecified atom stereocenters. The zero-order valence-electron chi connectivity index (χ0n) is 24.2. The van der Waals surface area contributed by atoms with Gasteiger partial charge < -0.3 is 14.2 Å². The van der Waals surface area contributed by atoms with E-state index in [9.17, 15) is 13.2 Å². The van der Waals surface area contributed by atoms with E-state index in [1.54, 1.807) is 12.1 Å². The van der Waals surface area contributed by atoms with E-state index < -0.39 is 10.0 Å². The first-order chi connectivity index (χ1) is 19.2. The molecule has 5 rings (SSSR count). The molecule has 0 radical (unpaired) electrons. The zero-order chi connectivity index (χ0) is 28.4. The van der Waals surface area contributed by atoms with Crippen molar-refractivity contribution in [2.75, 3.05) is 19.8 Å². The van der Waals surface area contributed by atoms with Crippen LogP contribution in [0.3, 0.4) is 0 Å². The molecule has 2 aliphatic rings. The normalized spacial score (nSPS) is 22.2. The third-order valence-electron chi connectivity index (χ3n) is 8.73. The molecule has 2 aromatic carbocycles. The summed E-state index contributed by atoms with van der Waals surface area (Å²) in [7, 11) is -1.70. The SMILES string of the molecule is CCCc1ccc(-c2cc3ccc(S(=O)(=O)N[C@H]4CC[C@H](C(=O)N5CCOC[C@@H]5C(C)C)CC4)cc3n2C)cc1. The Morgan fingerprint density at radius 2 is 1.77 bits per heavy atom. The standard InChI is InChI=1S/C32H43N3O4S/c1-5-6-23-7-9-24(10-8-23)29-19-26-13-16-28(20-30(26)34(29)4)40(37,38)33-27-14-11-25(12-15-27)32(36)35-17-18-39-21-31(35)22(2)3/h7-10,13,16,19-20,22,25,27,31,33H,5-6,11-12,14-15,17-18,21H2,1-4H3/t25-,27-,31-/m1/s1. The summed E-state index contributed by atoms with van der Waals surface area (Å²) in [6.07, 6.45) is 4.91. The number of carbonyl (C=O) groups is 1. The minimum Gasteiger partial charge on any atom is -0.377 e. The highest BCUT2D eigenvalue weighted by Crippen LogP contribution is 2.31. The molecule has 1 atom stereocenters. The topological polar surface area (TPSA) is 80.6 Å². The van der Waals surface area contributed by atoms with Gasteiger partial charge in [0.15, 0.2) is 0 Å². The van der Waals surface area contributed by atoms with Crippen molar-refractivity contribution < 1.29 is 17.9 Å². The van der Waals surface area contributed by atoms with Crippen LogP contribution >= 0.6 is 0 Å². The number of fused-ring (bicyclic) bond motifs is 1. The third kappa shape index (κ3) is 5.99. The van der Waals surface area contributed by atoms with Crippen molar-refractivity contribution in [2.24, 2.45) is 18.9 Å². The molecule has 1 N–H and O–H groups in total. The number of benzene rings is 2. The molecule has 8 heteroatoms. The fraction of sp³-hybridized carbons (Fsp3) is 0.531. The average molecular weight is 566 g/mol. The molecule has 7 nitrogen and oxygen atoms in total. The second-order valence-electron chi connectivity index (χ2n) is 11.8. The lowest BCUT2D eigenvalue weighted by molar-refractivity contribution is -0.147. The lowest BCUT2D eigenvalue weighted by Crippen LogP contribution is -2.53. The summed E-state index contributed by atoms with van der Waals surface area (Å²) in [5, 5.41) is 1.01. The second-order valence-corrected chi connectivity index (χ2v) is 13.6. The van der Waals surface area contributed by atoms with Crippen molar-refractivity contribution in [2.45, 2.75) is 76.3 Å². The van der Waals surface area contributed by atoms with Crippen molar-refractivity contribution in [1.82, 2.24) is 14.2 Å². The molecule has 1 saturated carbocycles. The molecule has 40 heavy (non-hydrogen) atoms. The van der Waals surface area contributed by atoms with Crippen molar-refractivity contribution in [3.05, 3.63) is 54.1 Å². The Kier molecular flexibility index (Phi) is 8.69. The summed E-state index contributed by atoms with van der Waals surface area (Å²) in [6, 6.07) is 16.0. The summed E-state index contributed by atoms with van der Waals surface area (Å²) < 4.78 is 37.4. The van der Waals surface area contributed by atoms with Crippen molar-refractivity contribution >= 4 is 26.8 Å².